The smallest absolute Gasteiger partial charge is 0.412 e. The minimum Gasteiger partial charge on any atom is -0.449 e. The third-order valence-corrected chi connectivity index (χ3v) is 4.40. The lowest BCUT2D eigenvalue weighted by Crippen LogP contribution is -2.27. The number of carbonyl (C=O) groups is 2. The van der Waals surface area contributed by atoms with Crippen LogP contribution in [0.4, 0.5) is 21.0 Å². The lowest BCUT2D eigenvalue weighted by Gasteiger charge is -2.12. The molecule has 9 nitrogen and oxygen atoms in total. The molecule has 0 atom stereocenters. The van der Waals surface area contributed by atoms with E-state index in [2.05, 4.69) is 10.6 Å². The van der Waals surface area contributed by atoms with Crippen molar-refractivity contribution in [3.8, 4) is 5.75 Å². The van der Waals surface area contributed by atoms with E-state index in [1.54, 1.807) is 24.3 Å². The van der Waals surface area contributed by atoms with Crippen molar-refractivity contribution in [3.05, 3.63) is 100 Å². The summed E-state index contributed by atoms with van der Waals surface area (Å²) in [6.07, 6.45) is -0.729. The zero-order valence-corrected chi connectivity index (χ0v) is 17.0. The highest BCUT2D eigenvalue weighted by molar-refractivity contribution is 5.85. The maximum atomic E-state index is 12.1. The van der Waals surface area contributed by atoms with Crippen LogP contribution >= 0.6 is 0 Å². The Balaban J connectivity index is 1.48. The molecule has 0 heterocycles. The van der Waals surface area contributed by atoms with Gasteiger partial charge in [0.25, 0.3) is 5.69 Å². The fourth-order valence-electron chi connectivity index (χ4n) is 2.80. The van der Waals surface area contributed by atoms with Crippen LogP contribution in [0.5, 0.6) is 5.75 Å². The average Bonchev–Trinajstić information content (AvgIpc) is 2.79. The highest BCUT2D eigenvalue weighted by atomic mass is 16.6. The molecule has 0 spiro atoms. The number of rotatable bonds is 8. The van der Waals surface area contributed by atoms with Crippen molar-refractivity contribution >= 4 is 23.6 Å². The minimum absolute atomic E-state index is 0.0896. The predicted molar refractivity (Wildman–Crippen MR) is 118 cm³/mol. The Labute approximate surface area is 184 Å². The van der Waals surface area contributed by atoms with E-state index in [0.29, 0.717) is 17.7 Å². The van der Waals surface area contributed by atoms with Gasteiger partial charge in [0, 0.05) is 30.8 Å². The summed E-state index contributed by atoms with van der Waals surface area (Å²) in [7, 11) is 0. The maximum Gasteiger partial charge on any atom is 0.412 e. The molecule has 0 radical (unpaired) electrons. The first kappa shape index (κ1) is 22.3. The van der Waals surface area contributed by atoms with Crippen LogP contribution in [0.15, 0.2) is 78.9 Å². The van der Waals surface area contributed by atoms with E-state index >= 15 is 0 Å². The van der Waals surface area contributed by atoms with Gasteiger partial charge in [0.1, 0.15) is 5.75 Å². The number of nitrogens with zero attached hydrogens (tertiary/aromatic N) is 1. The number of carbonyl (C=O) groups excluding carboxylic acids is 2. The zero-order chi connectivity index (χ0) is 22.8. The minimum atomic E-state index is -0.737. The highest BCUT2D eigenvalue weighted by Gasteiger charge is 2.11. The van der Waals surface area contributed by atoms with Crippen LogP contribution < -0.4 is 15.4 Å². The molecule has 2 N–H and O–H groups in total. The van der Waals surface area contributed by atoms with E-state index in [4.69, 9.17) is 9.47 Å². The zero-order valence-electron chi connectivity index (χ0n) is 17.0. The summed E-state index contributed by atoms with van der Waals surface area (Å²) in [5, 5.41) is 15.9. The van der Waals surface area contributed by atoms with Crippen LogP contribution in [0.25, 0.3) is 0 Å². The summed E-state index contributed by atoms with van der Waals surface area (Å²) in [6, 6.07) is 21.8. The molecule has 0 aliphatic rings. The first-order valence-electron chi connectivity index (χ1n) is 9.77. The van der Waals surface area contributed by atoms with E-state index in [1.807, 2.05) is 30.3 Å². The Kier molecular flexibility index (Phi) is 7.74. The normalized spacial score (nSPS) is 10.1. The third kappa shape index (κ3) is 6.84. The van der Waals surface area contributed by atoms with E-state index in [1.165, 1.54) is 24.3 Å². The number of ether oxygens (including phenoxy) is 2. The second kappa shape index (κ2) is 11.1. The first-order valence-corrected chi connectivity index (χ1v) is 9.77. The molecule has 0 saturated heterocycles. The van der Waals surface area contributed by atoms with Crippen LogP contribution in [-0.4, -0.2) is 23.7 Å². The predicted octanol–water partition coefficient (Wildman–Crippen LogP) is 4.67. The molecule has 2 amide bonds. The van der Waals surface area contributed by atoms with Gasteiger partial charge in [-0.25, -0.2) is 9.59 Å². The second-order valence-corrected chi connectivity index (χ2v) is 6.65. The number of hydrogen-bond acceptors (Lipinski definition) is 6. The SMILES string of the molecule is O=C(Nc1ccccc1CNC(=O)Oc1ccc([N+](=O)[O-])cc1)OCCc1ccccc1. The first-order chi connectivity index (χ1) is 15.5. The molecule has 0 unspecified atom stereocenters. The molecule has 3 rings (SSSR count). The maximum absolute atomic E-state index is 12.1. The van der Waals surface area contributed by atoms with Crippen molar-refractivity contribution < 1.29 is 24.0 Å². The van der Waals surface area contributed by atoms with Gasteiger partial charge in [0.2, 0.25) is 0 Å². The monoisotopic (exact) mass is 435 g/mol. The molecular formula is C23H21N3O6. The summed E-state index contributed by atoms with van der Waals surface area (Å²) in [4.78, 5) is 34.3. The number of non-ortho nitro benzene ring substituents is 1. The van der Waals surface area contributed by atoms with Crippen molar-refractivity contribution in [2.45, 2.75) is 13.0 Å². The number of hydrogen-bond donors (Lipinski definition) is 2. The van der Waals surface area contributed by atoms with Gasteiger partial charge in [-0.15, -0.1) is 0 Å². The van der Waals surface area contributed by atoms with Crippen molar-refractivity contribution in [1.29, 1.82) is 0 Å². The number of benzene rings is 3. The van der Waals surface area contributed by atoms with Gasteiger partial charge < -0.3 is 14.8 Å². The molecule has 0 aliphatic heterocycles. The van der Waals surface area contributed by atoms with Crippen LogP contribution in [0, 0.1) is 10.1 Å². The number of nitrogens with one attached hydrogen (secondary N) is 2. The van der Waals surface area contributed by atoms with Crippen LogP contribution in [-0.2, 0) is 17.7 Å². The number of nitro benzene ring substituents is 1. The molecule has 3 aromatic rings. The number of amides is 2. The summed E-state index contributed by atoms with van der Waals surface area (Å²) in [6.45, 7) is 0.324. The van der Waals surface area contributed by atoms with Crippen LogP contribution in [0.2, 0.25) is 0 Å². The number of anilines is 1. The van der Waals surface area contributed by atoms with Gasteiger partial charge in [0.05, 0.1) is 11.5 Å². The molecule has 0 fully saturated rings. The van der Waals surface area contributed by atoms with E-state index in [0.717, 1.165) is 5.56 Å². The Morgan fingerprint density at radius 2 is 1.56 bits per heavy atom. The van der Waals surface area contributed by atoms with E-state index < -0.39 is 17.1 Å². The lowest BCUT2D eigenvalue weighted by atomic mass is 10.2. The summed E-state index contributed by atoms with van der Waals surface area (Å²) < 4.78 is 10.3. The average molecular weight is 435 g/mol. The largest absolute Gasteiger partial charge is 0.449 e. The van der Waals surface area contributed by atoms with Gasteiger partial charge >= 0.3 is 12.2 Å². The second-order valence-electron chi connectivity index (χ2n) is 6.65. The molecule has 164 valence electrons. The summed E-state index contributed by atoms with van der Waals surface area (Å²) >= 11 is 0. The van der Waals surface area contributed by atoms with Gasteiger partial charge in [-0.1, -0.05) is 48.5 Å². The van der Waals surface area contributed by atoms with Crippen molar-refractivity contribution in [3.63, 3.8) is 0 Å². The fourth-order valence-corrected chi connectivity index (χ4v) is 2.80. The van der Waals surface area contributed by atoms with Crippen molar-refractivity contribution in [2.24, 2.45) is 0 Å². The molecule has 9 heteroatoms. The van der Waals surface area contributed by atoms with Gasteiger partial charge in [-0.05, 0) is 29.3 Å². The van der Waals surface area contributed by atoms with Crippen molar-refractivity contribution in [2.75, 3.05) is 11.9 Å². The Hall–Kier alpha value is -4.40. The quantitative estimate of drug-likeness (QED) is 0.392. The van der Waals surface area contributed by atoms with Gasteiger partial charge in [-0.3, -0.25) is 15.4 Å². The molecule has 32 heavy (non-hydrogen) atoms. The third-order valence-electron chi connectivity index (χ3n) is 4.40. The fraction of sp³-hybridized carbons (Fsp3) is 0.130. The molecular weight excluding hydrogens is 414 g/mol. The summed E-state index contributed by atoms with van der Waals surface area (Å²) in [5.74, 6) is 0.168. The highest BCUT2D eigenvalue weighted by Crippen LogP contribution is 2.18. The van der Waals surface area contributed by atoms with Crippen LogP contribution in [0.1, 0.15) is 11.1 Å². The number of para-hydroxylation sites is 1. The molecule has 0 aliphatic carbocycles. The Morgan fingerprint density at radius 3 is 2.28 bits per heavy atom. The Bertz CT molecular complexity index is 1070. The van der Waals surface area contributed by atoms with E-state index in [-0.39, 0.29) is 24.6 Å². The molecule has 3 aromatic carbocycles. The standard InChI is InChI=1S/C23H21N3O6/c27-22(32-20-12-10-19(11-13-20)26(29)30)24-16-18-8-4-5-9-21(18)25-23(28)31-15-14-17-6-2-1-3-7-17/h1-13H,14-16H2,(H,24,27)(H,25,28). The Morgan fingerprint density at radius 1 is 0.875 bits per heavy atom. The van der Waals surface area contributed by atoms with E-state index in [9.17, 15) is 19.7 Å². The topological polar surface area (TPSA) is 120 Å². The molecule has 0 aromatic heterocycles. The van der Waals surface area contributed by atoms with Crippen LogP contribution in [0.3, 0.4) is 0 Å². The summed E-state index contributed by atoms with van der Waals surface area (Å²) in [5.41, 5.74) is 2.10. The van der Waals surface area contributed by atoms with Gasteiger partial charge in [0.15, 0.2) is 0 Å². The molecule has 0 saturated carbocycles. The van der Waals surface area contributed by atoms with Gasteiger partial charge in [-0.2, -0.15) is 0 Å². The number of nitro groups is 1. The van der Waals surface area contributed by atoms with Crippen molar-refractivity contribution in [1.82, 2.24) is 5.32 Å². The molecule has 0 bridgehead atoms. The lowest BCUT2D eigenvalue weighted by molar-refractivity contribution is -0.384.